The SMILES string of the molecule is CCOc1cc(Cl)c(F)cc1C(N)CO. The molecule has 0 radical (unpaired) electrons. The van der Waals surface area contributed by atoms with Crippen molar-refractivity contribution in [3.8, 4) is 5.75 Å². The molecule has 84 valence electrons. The average molecular weight is 234 g/mol. The van der Waals surface area contributed by atoms with Crippen LogP contribution in [0.25, 0.3) is 0 Å². The number of nitrogens with two attached hydrogens (primary N) is 1. The Bertz CT molecular complexity index is 346. The molecular formula is C10H13ClFNO2. The number of hydrogen-bond donors (Lipinski definition) is 2. The van der Waals surface area contributed by atoms with Crippen LogP contribution in [0.4, 0.5) is 4.39 Å². The third-order valence-corrected chi connectivity index (χ3v) is 2.24. The molecule has 3 N–H and O–H groups in total. The number of hydrogen-bond acceptors (Lipinski definition) is 3. The van der Waals surface area contributed by atoms with Gasteiger partial charge in [-0.3, -0.25) is 0 Å². The Morgan fingerprint density at radius 3 is 2.80 bits per heavy atom. The second-order valence-corrected chi connectivity index (χ2v) is 3.43. The van der Waals surface area contributed by atoms with Crippen LogP contribution in [0.2, 0.25) is 5.02 Å². The Morgan fingerprint density at radius 1 is 1.60 bits per heavy atom. The van der Waals surface area contributed by atoms with Crippen molar-refractivity contribution in [1.29, 1.82) is 0 Å². The summed E-state index contributed by atoms with van der Waals surface area (Å²) in [5, 5.41) is 8.88. The highest BCUT2D eigenvalue weighted by atomic mass is 35.5. The molecule has 0 aromatic heterocycles. The number of aliphatic hydroxyl groups is 1. The van der Waals surface area contributed by atoms with Crippen molar-refractivity contribution < 1.29 is 14.2 Å². The molecule has 1 rings (SSSR count). The molecule has 1 unspecified atom stereocenters. The summed E-state index contributed by atoms with van der Waals surface area (Å²) >= 11 is 5.61. The quantitative estimate of drug-likeness (QED) is 0.835. The molecule has 0 aliphatic rings. The van der Waals surface area contributed by atoms with Gasteiger partial charge >= 0.3 is 0 Å². The summed E-state index contributed by atoms with van der Waals surface area (Å²) in [7, 11) is 0. The second kappa shape index (κ2) is 5.30. The van der Waals surface area contributed by atoms with Crippen LogP contribution >= 0.6 is 11.6 Å². The van der Waals surface area contributed by atoms with Crippen LogP contribution in [0, 0.1) is 5.82 Å². The van der Waals surface area contributed by atoms with Crippen molar-refractivity contribution in [3.05, 3.63) is 28.5 Å². The van der Waals surface area contributed by atoms with Crippen molar-refractivity contribution in [1.82, 2.24) is 0 Å². The van der Waals surface area contributed by atoms with Crippen molar-refractivity contribution in [2.45, 2.75) is 13.0 Å². The fourth-order valence-electron chi connectivity index (χ4n) is 1.21. The summed E-state index contributed by atoms with van der Waals surface area (Å²) in [6.07, 6.45) is 0. The van der Waals surface area contributed by atoms with Crippen LogP contribution in [-0.2, 0) is 0 Å². The normalized spacial score (nSPS) is 12.6. The maximum atomic E-state index is 13.2. The number of halogens is 2. The summed E-state index contributed by atoms with van der Waals surface area (Å²) in [6.45, 7) is 1.94. The summed E-state index contributed by atoms with van der Waals surface area (Å²) in [6, 6.07) is 1.89. The van der Waals surface area contributed by atoms with Gasteiger partial charge in [0.15, 0.2) is 0 Å². The lowest BCUT2D eigenvalue weighted by atomic mass is 10.1. The van der Waals surface area contributed by atoms with Gasteiger partial charge in [0.25, 0.3) is 0 Å². The van der Waals surface area contributed by atoms with E-state index < -0.39 is 11.9 Å². The molecule has 0 fully saturated rings. The first-order chi connectivity index (χ1) is 7.10. The van der Waals surface area contributed by atoms with Gasteiger partial charge in [0.2, 0.25) is 0 Å². The Morgan fingerprint density at radius 2 is 2.27 bits per heavy atom. The van der Waals surface area contributed by atoms with Crippen LogP contribution in [0.1, 0.15) is 18.5 Å². The van der Waals surface area contributed by atoms with Crippen LogP contribution in [0.5, 0.6) is 5.75 Å². The lowest BCUT2D eigenvalue weighted by molar-refractivity contribution is 0.261. The average Bonchev–Trinajstić information content (AvgIpc) is 2.22. The van der Waals surface area contributed by atoms with Crippen molar-refractivity contribution in [2.24, 2.45) is 5.73 Å². The lowest BCUT2D eigenvalue weighted by Crippen LogP contribution is -2.16. The summed E-state index contributed by atoms with van der Waals surface area (Å²) in [4.78, 5) is 0. The first kappa shape index (κ1) is 12.2. The Labute approximate surface area is 92.6 Å². The van der Waals surface area contributed by atoms with Gasteiger partial charge in [0.1, 0.15) is 11.6 Å². The predicted molar refractivity (Wildman–Crippen MR) is 56.6 cm³/mol. The molecule has 1 aromatic rings. The highest BCUT2D eigenvalue weighted by Crippen LogP contribution is 2.29. The van der Waals surface area contributed by atoms with Gasteiger partial charge in [-0.2, -0.15) is 0 Å². The van der Waals surface area contributed by atoms with Crippen LogP contribution in [0.3, 0.4) is 0 Å². The number of rotatable bonds is 4. The van der Waals surface area contributed by atoms with Gasteiger partial charge in [-0.15, -0.1) is 0 Å². The van der Waals surface area contributed by atoms with Crippen LogP contribution < -0.4 is 10.5 Å². The van der Waals surface area contributed by atoms with E-state index in [-0.39, 0.29) is 11.6 Å². The summed E-state index contributed by atoms with van der Waals surface area (Å²) in [5.41, 5.74) is 6.02. The molecule has 1 atom stereocenters. The lowest BCUT2D eigenvalue weighted by Gasteiger charge is -2.15. The van der Waals surface area contributed by atoms with E-state index in [9.17, 15) is 4.39 Å². The molecule has 0 saturated carbocycles. The Hall–Kier alpha value is -0.840. The van der Waals surface area contributed by atoms with Crippen LogP contribution in [-0.4, -0.2) is 18.3 Å². The van der Waals surface area contributed by atoms with E-state index in [4.69, 9.17) is 27.2 Å². The highest BCUT2D eigenvalue weighted by molar-refractivity contribution is 6.30. The maximum Gasteiger partial charge on any atom is 0.142 e. The Balaban J connectivity index is 3.15. The smallest absolute Gasteiger partial charge is 0.142 e. The fourth-order valence-corrected chi connectivity index (χ4v) is 1.37. The highest BCUT2D eigenvalue weighted by Gasteiger charge is 2.15. The van der Waals surface area contributed by atoms with E-state index in [2.05, 4.69) is 0 Å². The topological polar surface area (TPSA) is 55.5 Å². The molecular weight excluding hydrogens is 221 g/mol. The maximum absolute atomic E-state index is 13.2. The van der Waals surface area contributed by atoms with E-state index >= 15 is 0 Å². The van der Waals surface area contributed by atoms with Crippen LogP contribution in [0.15, 0.2) is 12.1 Å². The van der Waals surface area contributed by atoms with Crippen molar-refractivity contribution >= 4 is 11.6 Å². The monoisotopic (exact) mass is 233 g/mol. The minimum Gasteiger partial charge on any atom is -0.493 e. The van der Waals surface area contributed by atoms with Gasteiger partial charge in [-0.25, -0.2) is 4.39 Å². The molecule has 15 heavy (non-hydrogen) atoms. The van der Waals surface area contributed by atoms with Gasteiger partial charge in [-0.1, -0.05) is 11.6 Å². The molecule has 0 bridgehead atoms. The predicted octanol–water partition coefficient (Wildman–Crippen LogP) is 1.87. The van der Waals surface area contributed by atoms with Crippen molar-refractivity contribution in [2.75, 3.05) is 13.2 Å². The zero-order chi connectivity index (χ0) is 11.4. The minimum atomic E-state index is -0.668. The van der Waals surface area contributed by atoms with Crippen molar-refractivity contribution in [3.63, 3.8) is 0 Å². The molecule has 5 heteroatoms. The van der Waals surface area contributed by atoms with E-state index in [0.717, 1.165) is 0 Å². The van der Waals surface area contributed by atoms with Gasteiger partial charge in [0, 0.05) is 11.6 Å². The molecule has 0 aliphatic carbocycles. The standard InChI is InChI=1S/C10H13ClFNO2/c1-2-15-10-4-7(11)8(12)3-6(10)9(13)5-14/h3-4,9,14H,2,5,13H2,1H3. The molecule has 3 nitrogen and oxygen atoms in total. The summed E-state index contributed by atoms with van der Waals surface area (Å²) in [5.74, 6) is -0.163. The molecule has 1 aromatic carbocycles. The number of ether oxygens (including phenoxy) is 1. The van der Waals surface area contributed by atoms with Gasteiger partial charge < -0.3 is 15.6 Å². The molecule has 0 spiro atoms. The van der Waals surface area contributed by atoms with Gasteiger partial charge in [-0.05, 0) is 13.0 Å². The molecule has 0 saturated heterocycles. The Kier molecular flexibility index (Phi) is 4.32. The third-order valence-electron chi connectivity index (χ3n) is 1.95. The molecule has 0 aliphatic heterocycles. The zero-order valence-electron chi connectivity index (χ0n) is 8.34. The number of aliphatic hydroxyl groups excluding tert-OH is 1. The largest absolute Gasteiger partial charge is 0.493 e. The number of benzene rings is 1. The summed E-state index contributed by atoms with van der Waals surface area (Å²) < 4.78 is 18.4. The molecule has 0 heterocycles. The van der Waals surface area contributed by atoms with E-state index in [1.54, 1.807) is 6.92 Å². The molecule has 0 amide bonds. The second-order valence-electron chi connectivity index (χ2n) is 3.03. The first-order valence-corrected chi connectivity index (χ1v) is 4.96. The zero-order valence-corrected chi connectivity index (χ0v) is 9.09. The third kappa shape index (κ3) is 2.81. The minimum absolute atomic E-state index is 0.0210. The van der Waals surface area contributed by atoms with E-state index in [1.165, 1.54) is 12.1 Å². The van der Waals surface area contributed by atoms with E-state index in [1.807, 2.05) is 0 Å². The van der Waals surface area contributed by atoms with Gasteiger partial charge in [0.05, 0.1) is 24.3 Å². The van der Waals surface area contributed by atoms with E-state index in [0.29, 0.717) is 17.9 Å². The first-order valence-electron chi connectivity index (χ1n) is 4.58. The fraction of sp³-hybridized carbons (Fsp3) is 0.400.